The summed E-state index contributed by atoms with van der Waals surface area (Å²) in [5, 5.41) is 1.72. The summed E-state index contributed by atoms with van der Waals surface area (Å²) in [6.07, 6.45) is 5.72. The standard InChI is InChI=1S/C18H17.C16H17NSi.2ClH.Zr/c1-3-14-7-9-15(10-8-14)17-6-4-5-16-11-13(2)12-18(16)17;1-11-15-13-9-10-17(12-7-5-4-6-8-12)14(13)16(11)18(15,2)3;;;/h4-12H,3H2,1-2H3;4-10,16H,1-3H3;2*1H;/q;;;;+2/p-2. The second kappa shape index (κ2) is 11.5. The van der Waals surface area contributed by atoms with Crippen LogP contribution in [-0.4, -0.2) is 12.6 Å². The predicted octanol–water partition coefficient (Wildman–Crippen LogP) is 3.08. The van der Waals surface area contributed by atoms with Crippen LogP contribution in [0.25, 0.3) is 28.1 Å². The molecule has 2 bridgehead atoms. The van der Waals surface area contributed by atoms with Gasteiger partial charge in [0.15, 0.2) is 0 Å². The van der Waals surface area contributed by atoms with Crippen molar-refractivity contribution in [2.45, 2.75) is 49.5 Å². The third-order valence-corrected chi connectivity index (χ3v) is 14.6. The van der Waals surface area contributed by atoms with Gasteiger partial charge in [-0.15, -0.1) is 0 Å². The average molecular weight is 647 g/mol. The van der Waals surface area contributed by atoms with Crippen molar-refractivity contribution in [3.05, 3.63) is 124 Å². The maximum absolute atomic E-state index is 2.51. The molecule has 197 valence electrons. The summed E-state index contributed by atoms with van der Waals surface area (Å²) in [6.45, 7) is 11.8. The summed E-state index contributed by atoms with van der Waals surface area (Å²) in [4.78, 5) is 0. The van der Waals surface area contributed by atoms with Crippen molar-refractivity contribution in [3.8, 4) is 16.8 Å². The minimum atomic E-state index is -1.17. The second-order valence-electron chi connectivity index (χ2n) is 11.2. The Hall–Kier alpha value is -1.90. The van der Waals surface area contributed by atoms with Gasteiger partial charge in [0.25, 0.3) is 0 Å². The van der Waals surface area contributed by atoms with Gasteiger partial charge in [0.05, 0.1) is 8.07 Å². The van der Waals surface area contributed by atoms with Gasteiger partial charge in [0, 0.05) is 23.1 Å². The van der Waals surface area contributed by atoms with Gasteiger partial charge in [-0.1, -0.05) is 42.1 Å². The molecule has 0 N–H and O–H groups in total. The Bertz CT molecular complexity index is 1560. The first-order valence-corrected chi connectivity index (χ1v) is 17.9. The van der Waals surface area contributed by atoms with E-state index in [-0.39, 0.29) is 24.8 Å². The predicted molar refractivity (Wildman–Crippen MR) is 156 cm³/mol. The topological polar surface area (TPSA) is 4.93 Å². The van der Waals surface area contributed by atoms with Crippen LogP contribution in [0.5, 0.6) is 0 Å². The van der Waals surface area contributed by atoms with E-state index in [4.69, 9.17) is 0 Å². The molecule has 2 aliphatic carbocycles. The summed E-state index contributed by atoms with van der Waals surface area (Å²) < 4.78 is 3.05. The fourth-order valence-corrected chi connectivity index (χ4v) is 12.0. The smallest absolute Gasteiger partial charge is 1.00 e. The van der Waals surface area contributed by atoms with E-state index in [2.05, 4.69) is 130 Å². The van der Waals surface area contributed by atoms with Crippen LogP contribution in [0.4, 0.5) is 0 Å². The molecule has 0 saturated carbocycles. The largest absolute Gasteiger partial charge is 1.00 e. The number of rotatable bonds is 3. The van der Waals surface area contributed by atoms with Crippen LogP contribution < -0.4 is 24.8 Å². The first kappa shape index (κ1) is 30.1. The first-order chi connectivity index (χ1) is 17.8. The van der Waals surface area contributed by atoms with Crippen LogP contribution >= 0.6 is 0 Å². The van der Waals surface area contributed by atoms with Crippen LogP contribution in [0.3, 0.4) is 0 Å². The molecular formula is C34H34Cl2NSiZr. The van der Waals surface area contributed by atoms with Crippen molar-refractivity contribution in [3.63, 3.8) is 0 Å². The molecule has 2 atom stereocenters. The van der Waals surface area contributed by atoms with Gasteiger partial charge in [0.2, 0.25) is 0 Å². The van der Waals surface area contributed by atoms with Crippen LogP contribution in [-0.2, 0) is 31.1 Å². The van der Waals surface area contributed by atoms with Gasteiger partial charge >= 0.3 is 131 Å². The number of benzene rings is 3. The number of halogens is 2. The van der Waals surface area contributed by atoms with Gasteiger partial charge < -0.3 is 29.4 Å². The average Bonchev–Trinajstić information content (AvgIpc) is 3.60. The number of allylic oxidation sites excluding steroid dienone is 2. The SMILES string of the molecule is CC1=C2c3ccn(-c4ccccc4)c3C1[Si]2(C)C.CCc1ccc(-c2cccc3c2C=C(C)[CH]3[Zr+2])cc1.[Cl-].[Cl-]. The fraction of sp³-hybridized carbons (Fsp3) is 0.235. The minimum Gasteiger partial charge on any atom is -1.00 e. The van der Waals surface area contributed by atoms with Crippen molar-refractivity contribution in [2.75, 3.05) is 0 Å². The molecule has 1 aromatic heterocycles. The maximum Gasteiger partial charge on any atom is -1.00 e. The van der Waals surface area contributed by atoms with Gasteiger partial charge in [-0.3, -0.25) is 0 Å². The monoisotopic (exact) mass is 644 g/mol. The summed E-state index contributed by atoms with van der Waals surface area (Å²) in [5.74, 6) is 0. The zero-order chi connectivity index (χ0) is 25.9. The molecule has 4 aromatic rings. The second-order valence-corrected chi connectivity index (χ2v) is 17.2. The summed E-state index contributed by atoms with van der Waals surface area (Å²) in [5.41, 5.74) is 15.4. The molecule has 0 saturated heterocycles. The van der Waals surface area contributed by atoms with Crippen LogP contribution in [0.1, 0.15) is 57.9 Å². The van der Waals surface area contributed by atoms with Crippen LogP contribution in [0, 0.1) is 0 Å². The van der Waals surface area contributed by atoms with E-state index >= 15 is 0 Å². The minimum absolute atomic E-state index is 0. The van der Waals surface area contributed by atoms with Crippen molar-refractivity contribution in [1.82, 2.24) is 4.57 Å². The summed E-state index contributed by atoms with van der Waals surface area (Å²) >= 11 is 1.59. The van der Waals surface area contributed by atoms with E-state index in [0.29, 0.717) is 3.63 Å². The molecule has 39 heavy (non-hydrogen) atoms. The number of nitrogens with zero attached hydrogens (tertiary/aromatic N) is 1. The molecular weight excluding hydrogens is 613 g/mol. The van der Waals surface area contributed by atoms with Crippen molar-refractivity contribution >= 4 is 19.3 Å². The molecule has 3 aromatic carbocycles. The third-order valence-electron chi connectivity index (χ3n) is 8.65. The molecule has 1 nitrogen and oxygen atoms in total. The Labute approximate surface area is 262 Å². The van der Waals surface area contributed by atoms with Crippen LogP contribution in [0.2, 0.25) is 13.1 Å². The van der Waals surface area contributed by atoms with Crippen molar-refractivity contribution in [1.29, 1.82) is 0 Å². The van der Waals surface area contributed by atoms with Crippen LogP contribution in [0.15, 0.2) is 96.2 Å². The molecule has 0 radical (unpaired) electrons. The van der Waals surface area contributed by atoms with E-state index in [1.165, 1.54) is 44.6 Å². The van der Waals surface area contributed by atoms with E-state index in [0.717, 1.165) is 12.0 Å². The first-order valence-electron chi connectivity index (χ1n) is 13.4. The maximum atomic E-state index is 2.51. The zero-order valence-electron chi connectivity index (χ0n) is 23.2. The molecule has 3 heterocycles. The Morgan fingerprint density at radius 3 is 2.15 bits per heavy atom. The molecule has 0 spiro atoms. The third kappa shape index (κ3) is 4.84. The number of hydrogen-bond donors (Lipinski definition) is 0. The van der Waals surface area contributed by atoms with Gasteiger partial charge in [-0.2, -0.15) is 0 Å². The molecule has 2 aliphatic heterocycles. The number of para-hydroxylation sites is 1. The molecule has 0 fully saturated rings. The normalized spacial score (nSPS) is 19.0. The number of fused-ring (bicyclic) bond motifs is 1. The van der Waals surface area contributed by atoms with E-state index in [9.17, 15) is 0 Å². The Morgan fingerprint density at radius 2 is 1.51 bits per heavy atom. The van der Waals surface area contributed by atoms with E-state index in [1.807, 2.05) is 0 Å². The van der Waals surface area contributed by atoms with Gasteiger partial charge in [-0.25, -0.2) is 0 Å². The number of hydrogen-bond acceptors (Lipinski definition) is 0. The summed E-state index contributed by atoms with van der Waals surface area (Å²) in [7, 11) is -1.17. The molecule has 5 heteroatoms. The van der Waals surface area contributed by atoms with Gasteiger partial charge in [0.1, 0.15) is 0 Å². The molecule has 0 amide bonds. The fourth-order valence-electron chi connectivity index (χ4n) is 6.85. The van der Waals surface area contributed by atoms with Crippen molar-refractivity contribution in [2.24, 2.45) is 0 Å². The van der Waals surface area contributed by atoms with Crippen molar-refractivity contribution < 1.29 is 49.5 Å². The number of aromatic nitrogens is 1. The Balaban J connectivity index is 0.000000172. The van der Waals surface area contributed by atoms with E-state index < -0.39 is 8.07 Å². The molecule has 2 unspecified atom stereocenters. The zero-order valence-corrected chi connectivity index (χ0v) is 28.2. The molecule has 8 rings (SSSR count). The Morgan fingerprint density at radius 1 is 0.821 bits per heavy atom. The Kier molecular flexibility index (Phi) is 8.89. The van der Waals surface area contributed by atoms with Gasteiger partial charge in [-0.05, 0) is 30.7 Å². The summed E-state index contributed by atoms with van der Waals surface area (Å²) in [6, 6.07) is 28.8. The number of aryl methyl sites for hydroxylation is 1. The van der Waals surface area contributed by atoms with E-state index in [1.54, 1.807) is 41.2 Å². The quantitative estimate of drug-likeness (QED) is 0.302. The molecule has 4 aliphatic rings.